The van der Waals surface area contributed by atoms with Gasteiger partial charge in [-0.1, -0.05) is 6.42 Å². The molecule has 2 aromatic rings. The van der Waals surface area contributed by atoms with Gasteiger partial charge in [-0.3, -0.25) is 19.0 Å². The van der Waals surface area contributed by atoms with Gasteiger partial charge in [0.1, 0.15) is 0 Å². The van der Waals surface area contributed by atoms with Gasteiger partial charge in [0.2, 0.25) is 11.8 Å². The number of nitrogens with one attached hydrogen (secondary N) is 1. The molecular formula is C19H26N6O2. The quantitative estimate of drug-likeness (QED) is 0.797. The predicted molar refractivity (Wildman–Crippen MR) is 98.3 cm³/mol. The molecule has 0 aromatic carbocycles. The van der Waals surface area contributed by atoms with Gasteiger partial charge >= 0.3 is 0 Å². The van der Waals surface area contributed by atoms with Crippen LogP contribution in [0.15, 0.2) is 24.5 Å². The highest BCUT2D eigenvalue weighted by Gasteiger charge is 2.31. The van der Waals surface area contributed by atoms with Gasteiger partial charge in [0, 0.05) is 37.8 Å². The highest BCUT2D eigenvalue weighted by atomic mass is 16.2. The Bertz CT molecular complexity index is 793. The number of hydrogen-bond donors (Lipinski definition) is 1. The van der Waals surface area contributed by atoms with Gasteiger partial charge in [-0.25, -0.2) is 0 Å². The Labute approximate surface area is 158 Å². The van der Waals surface area contributed by atoms with Crippen molar-refractivity contribution < 1.29 is 9.59 Å². The first-order chi connectivity index (χ1) is 13.2. The number of rotatable bonds is 7. The van der Waals surface area contributed by atoms with E-state index in [2.05, 4.69) is 15.5 Å². The Morgan fingerprint density at radius 2 is 2.15 bits per heavy atom. The van der Waals surface area contributed by atoms with Crippen molar-refractivity contribution in [2.24, 2.45) is 5.92 Å². The van der Waals surface area contributed by atoms with Crippen LogP contribution in [0.3, 0.4) is 0 Å². The van der Waals surface area contributed by atoms with Crippen molar-refractivity contribution in [2.75, 3.05) is 6.54 Å². The second-order valence-electron chi connectivity index (χ2n) is 7.39. The van der Waals surface area contributed by atoms with Gasteiger partial charge in [-0.2, -0.15) is 10.2 Å². The lowest BCUT2D eigenvalue weighted by atomic mass is 9.84. The van der Waals surface area contributed by atoms with Crippen LogP contribution in [-0.2, 0) is 35.8 Å². The smallest absolute Gasteiger partial charge is 0.226 e. The summed E-state index contributed by atoms with van der Waals surface area (Å²) >= 11 is 0. The lowest BCUT2D eigenvalue weighted by Crippen LogP contribution is -2.43. The highest BCUT2D eigenvalue weighted by Crippen LogP contribution is 2.29. The topological polar surface area (TPSA) is 85.1 Å². The molecule has 2 amide bonds. The van der Waals surface area contributed by atoms with Crippen molar-refractivity contribution in [1.82, 2.24) is 29.8 Å². The Kier molecular flexibility index (Phi) is 5.22. The molecule has 2 aromatic heterocycles. The van der Waals surface area contributed by atoms with Gasteiger partial charge in [0.15, 0.2) is 0 Å². The summed E-state index contributed by atoms with van der Waals surface area (Å²) in [6.07, 6.45) is 8.10. The minimum Gasteiger partial charge on any atom is -0.350 e. The van der Waals surface area contributed by atoms with Crippen LogP contribution < -0.4 is 5.32 Å². The monoisotopic (exact) mass is 370 g/mol. The van der Waals surface area contributed by atoms with Crippen LogP contribution in [0.4, 0.5) is 0 Å². The summed E-state index contributed by atoms with van der Waals surface area (Å²) < 4.78 is 3.79. The summed E-state index contributed by atoms with van der Waals surface area (Å²) in [5.74, 6) is 0.552. The normalized spacial score (nSPS) is 16.7. The van der Waals surface area contributed by atoms with Gasteiger partial charge in [0.25, 0.3) is 0 Å². The SMILES string of the molecule is O=C(CCCn1cccn1)NCc1cc2n(n1)CCN(C(=O)C1CCC1)C2. The van der Waals surface area contributed by atoms with Gasteiger partial charge in [-0.05, 0) is 31.4 Å². The molecule has 8 heteroatoms. The fraction of sp³-hybridized carbons (Fsp3) is 0.579. The van der Waals surface area contributed by atoms with E-state index in [-0.39, 0.29) is 11.8 Å². The molecule has 4 rings (SSSR count). The van der Waals surface area contributed by atoms with E-state index in [1.54, 1.807) is 6.20 Å². The molecule has 2 aliphatic rings. The van der Waals surface area contributed by atoms with Crippen molar-refractivity contribution >= 4 is 11.8 Å². The summed E-state index contributed by atoms with van der Waals surface area (Å²) in [5.41, 5.74) is 1.90. The van der Waals surface area contributed by atoms with Crippen LogP contribution in [0, 0.1) is 5.92 Å². The number of carbonyl (C=O) groups excluding carboxylic acids is 2. The molecule has 1 aliphatic heterocycles. The molecule has 8 nitrogen and oxygen atoms in total. The second-order valence-corrected chi connectivity index (χ2v) is 7.39. The largest absolute Gasteiger partial charge is 0.350 e. The minimum absolute atomic E-state index is 0.0231. The van der Waals surface area contributed by atoms with Crippen LogP contribution in [0.5, 0.6) is 0 Å². The third kappa shape index (κ3) is 4.20. The maximum atomic E-state index is 12.4. The lowest BCUT2D eigenvalue weighted by molar-refractivity contribution is -0.139. The first-order valence-electron chi connectivity index (χ1n) is 9.77. The molecule has 27 heavy (non-hydrogen) atoms. The molecule has 0 unspecified atom stereocenters. The van der Waals surface area contributed by atoms with E-state index in [1.165, 1.54) is 6.42 Å². The molecule has 144 valence electrons. The van der Waals surface area contributed by atoms with Crippen LogP contribution in [0.2, 0.25) is 0 Å². The third-order valence-electron chi connectivity index (χ3n) is 5.43. The summed E-state index contributed by atoms with van der Waals surface area (Å²) in [4.78, 5) is 26.4. The highest BCUT2D eigenvalue weighted by molar-refractivity contribution is 5.79. The molecule has 0 spiro atoms. The standard InChI is InChI=1S/C19H26N6O2/c26-18(6-2-8-24-9-3-7-21-24)20-13-16-12-17-14-23(10-11-25(17)22-16)19(27)15-4-1-5-15/h3,7,9,12,15H,1-2,4-6,8,10-11,13-14H2,(H,20,26). The van der Waals surface area contributed by atoms with Crippen molar-refractivity contribution in [2.45, 2.75) is 58.3 Å². The molecule has 1 aliphatic carbocycles. The maximum absolute atomic E-state index is 12.4. The fourth-order valence-electron chi connectivity index (χ4n) is 3.63. The second kappa shape index (κ2) is 7.94. The first kappa shape index (κ1) is 17.8. The number of aromatic nitrogens is 4. The van der Waals surface area contributed by atoms with Crippen LogP contribution >= 0.6 is 0 Å². The zero-order chi connectivity index (χ0) is 18.6. The third-order valence-corrected chi connectivity index (χ3v) is 5.43. The lowest BCUT2D eigenvalue weighted by Gasteiger charge is -2.34. The van der Waals surface area contributed by atoms with Crippen LogP contribution in [-0.4, -0.2) is 42.8 Å². The van der Waals surface area contributed by atoms with Gasteiger partial charge in [-0.15, -0.1) is 0 Å². The Hall–Kier alpha value is -2.64. The Balaban J connectivity index is 1.23. The molecule has 1 fully saturated rings. The Morgan fingerprint density at radius 1 is 1.26 bits per heavy atom. The minimum atomic E-state index is 0.0231. The van der Waals surface area contributed by atoms with Gasteiger partial charge < -0.3 is 10.2 Å². The zero-order valence-electron chi connectivity index (χ0n) is 15.5. The summed E-state index contributed by atoms with van der Waals surface area (Å²) in [5, 5.41) is 11.6. The molecule has 1 N–H and O–H groups in total. The van der Waals surface area contributed by atoms with Crippen molar-refractivity contribution in [3.05, 3.63) is 35.9 Å². The molecule has 1 saturated carbocycles. The van der Waals surface area contributed by atoms with E-state index in [9.17, 15) is 9.59 Å². The van der Waals surface area contributed by atoms with Crippen LogP contribution in [0.1, 0.15) is 43.5 Å². The van der Waals surface area contributed by atoms with Crippen molar-refractivity contribution in [3.63, 3.8) is 0 Å². The average molecular weight is 370 g/mol. The molecule has 0 radical (unpaired) electrons. The van der Waals surface area contributed by atoms with E-state index in [4.69, 9.17) is 0 Å². The number of aryl methyl sites for hydroxylation is 1. The van der Waals surface area contributed by atoms with E-state index in [0.717, 1.165) is 50.3 Å². The molecule has 3 heterocycles. The predicted octanol–water partition coefficient (Wildman–Crippen LogP) is 1.32. The van der Waals surface area contributed by atoms with Crippen molar-refractivity contribution in [1.29, 1.82) is 0 Å². The number of carbonyl (C=O) groups is 2. The molecular weight excluding hydrogens is 344 g/mol. The summed E-state index contributed by atoms with van der Waals surface area (Å²) in [6, 6.07) is 3.88. The maximum Gasteiger partial charge on any atom is 0.226 e. The number of hydrogen-bond acceptors (Lipinski definition) is 4. The molecule has 0 atom stereocenters. The van der Waals surface area contributed by atoms with E-state index < -0.39 is 0 Å². The Morgan fingerprint density at radius 3 is 2.89 bits per heavy atom. The first-order valence-corrected chi connectivity index (χ1v) is 9.77. The molecule has 0 saturated heterocycles. The van der Waals surface area contributed by atoms with E-state index >= 15 is 0 Å². The van der Waals surface area contributed by atoms with Crippen molar-refractivity contribution in [3.8, 4) is 0 Å². The van der Waals surface area contributed by atoms with E-state index in [1.807, 2.05) is 32.6 Å². The number of nitrogens with zero attached hydrogens (tertiary/aromatic N) is 5. The molecule has 0 bridgehead atoms. The zero-order valence-corrected chi connectivity index (χ0v) is 15.5. The number of amides is 2. The average Bonchev–Trinajstić information content (AvgIpc) is 3.26. The van der Waals surface area contributed by atoms with Gasteiger partial charge in [0.05, 0.1) is 31.0 Å². The van der Waals surface area contributed by atoms with E-state index in [0.29, 0.717) is 25.4 Å². The summed E-state index contributed by atoms with van der Waals surface area (Å²) in [7, 11) is 0. The number of fused-ring (bicyclic) bond motifs is 1. The fourth-order valence-corrected chi connectivity index (χ4v) is 3.63. The summed E-state index contributed by atoms with van der Waals surface area (Å²) in [6.45, 7) is 3.25. The van der Waals surface area contributed by atoms with Crippen LogP contribution in [0.25, 0.3) is 0 Å².